The van der Waals surface area contributed by atoms with Crippen LogP contribution in [-0.2, 0) is 6.42 Å². The molecular formula is C59H45NOS. The number of anilines is 3. The van der Waals surface area contributed by atoms with Gasteiger partial charge in [-0.15, -0.1) is 11.3 Å². The van der Waals surface area contributed by atoms with Gasteiger partial charge in [-0.2, -0.15) is 0 Å². The lowest BCUT2D eigenvalue weighted by molar-refractivity contribution is 0.670. The van der Waals surface area contributed by atoms with E-state index >= 15 is 0 Å². The van der Waals surface area contributed by atoms with E-state index < -0.39 is 0 Å². The first-order valence-corrected chi connectivity index (χ1v) is 22.9. The van der Waals surface area contributed by atoms with Crippen LogP contribution in [0.25, 0.3) is 82.6 Å². The van der Waals surface area contributed by atoms with Gasteiger partial charge in [-0.1, -0.05) is 147 Å². The minimum absolute atomic E-state index is 0.310. The SMILES string of the molecule is CCCC1c2ccccc2-c2c(N(c3ccc(-c4ccc5sc6c(c5c4)C=CCC6)cc3)c3ccc(-c4cccc5c4oc4ccccc45)cc3)ccc(-c3ccccc3C)c21. The number of hydrogen-bond acceptors (Lipinski definition) is 3. The molecule has 0 bridgehead atoms. The maximum atomic E-state index is 6.50. The zero-order valence-electron chi connectivity index (χ0n) is 35.0. The Morgan fingerprint density at radius 1 is 0.613 bits per heavy atom. The van der Waals surface area contributed by atoms with Gasteiger partial charge >= 0.3 is 0 Å². The molecule has 0 saturated heterocycles. The highest BCUT2D eigenvalue weighted by atomic mass is 32.1. The summed E-state index contributed by atoms with van der Waals surface area (Å²) in [7, 11) is 0. The van der Waals surface area contributed by atoms with Crippen molar-refractivity contribution in [2.45, 2.75) is 45.4 Å². The molecule has 0 N–H and O–H groups in total. The van der Waals surface area contributed by atoms with Gasteiger partial charge in [-0.3, -0.25) is 0 Å². The average molecular weight is 816 g/mol. The Bertz CT molecular complexity index is 3380. The molecule has 0 amide bonds. The molecule has 1 atom stereocenters. The van der Waals surface area contributed by atoms with Crippen LogP contribution < -0.4 is 4.90 Å². The van der Waals surface area contributed by atoms with Gasteiger partial charge in [0.15, 0.2) is 0 Å². The highest BCUT2D eigenvalue weighted by Gasteiger charge is 2.35. The molecule has 0 spiro atoms. The van der Waals surface area contributed by atoms with E-state index in [0.717, 1.165) is 70.1 Å². The van der Waals surface area contributed by atoms with Crippen LogP contribution in [-0.4, -0.2) is 0 Å². The van der Waals surface area contributed by atoms with Gasteiger partial charge in [0.2, 0.25) is 0 Å². The third-order valence-electron chi connectivity index (χ3n) is 13.4. The number of fused-ring (bicyclic) bond motifs is 9. The molecule has 3 heteroatoms. The van der Waals surface area contributed by atoms with Crippen LogP contribution in [0.15, 0.2) is 180 Å². The highest BCUT2D eigenvalue weighted by molar-refractivity contribution is 7.19. The third-order valence-corrected chi connectivity index (χ3v) is 14.6. The van der Waals surface area contributed by atoms with Crippen LogP contribution in [0.3, 0.4) is 0 Å². The van der Waals surface area contributed by atoms with Gasteiger partial charge in [0.05, 0.1) is 5.69 Å². The zero-order valence-corrected chi connectivity index (χ0v) is 35.8. The van der Waals surface area contributed by atoms with Crippen molar-refractivity contribution in [1.29, 1.82) is 0 Å². The molecule has 298 valence electrons. The molecule has 1 unspecified atom stereocenters. The molecule has 0 radical (unpaired) electrons. The van der Waals surface area contributed by atoms with Crippen LogP contribution in [0, 0.1) is 6.92 Å². The summed E-state index contributed by atoms with van der Waals surface area (Å²) >= 11 is 1.95. The Labute approximate surface area is 367 Å². The van der Waals surface area contributed by atoms with E-state index in [1.807, 2.05) is 17.4 Å². The number of aryl methyl sites for hydroxylation is 2. The molecule has 0 fully saturated rings. The minimum atomic E-state index is 0.310. The number of thiophene rings is 1. The Balaban J connectivity index is 1.04. The summed E-state index contributed by atoms with van der Waals surface area (Å²) in [6.45, 7) is 4.57. The minimum Gasteiger partial charge on any atom is -0.455 e. The largest absolute Gasteiger partial charge is 0.455 e. The average Bonchev–Trinajstić information content (AvgIpc) is 4.00. The molecule has 2 aliphatic carbocycles. The van der Waals surface area contributed by atoms with Gasteiger partial charge in [0.1, 0.15) is 11.2 Å². The second-order valence-corrected chi connectivity index (χ2v) is 18.1. The Morgan fingerprint density at radius 2 is 1.32 bits per heavy atom. The van der Waals surface area contributed by atoms with E-state index in [-0.39, 0.29) is 0 Å². The van der Waals surface area contributed by atoms with Crippen LogP contribution in [0.4, 0.5) is 17.1 Å². The smallest absolute Gasteiger partial charge is 0.143 e. The molecular weight excluding hydrogens is 771 g/mol. The molecule has 2 nitrogen and oxygen atoms in total. The standard InChI is InChI=1S/C59H45NOS/c1-3-13-48-45-16-6-7-19-49(45)58-53(34-33-50(57(48)58)43-15-5-4-14-37(43)2)60(41-29-24-38(25-30-41)40-28-35-56-52(36-40)47-18-9-11-23-55(47)62-56)42-31-26-39(27-32-42)44-20-12-21-51-46-17-8-10-22-54(46)61-59(44)51/h4-10,12,14-22,24-36,48H,3,11,13,23H2,1-2H3. The Morgan fingerprint density at radius 3 is 2.15 bits per heavy atom. The van der Waals surface area contributed by atoms with Crippen molar-refractivity contribution >= 4 is 66.5 Å². The molecule has 10 aromatic rings. The van der Waals surface area contributed by atoms with Crippen molar-refractivity contribution in [2.75, 3.05) is 4.90 Å². The van der Waals surface area contributed by atoms with Crippen LogP contribution >= 0.6 is 11.3 Å². The topological polar surface area (TPSA) is 16.4 Å². The number of nitrogens with zero attached hydrogens (tertiary/aromatic N) is 1. The Hall–Kier alpha value is -6.94. The second-order valence-electron chi connectivity index (χ2n) is 17.0. The van der Waals surface area contributed by atoms with Crippen molar-refractivity contribution < 1.29 is 4.42 Å². The van der Waals surface area contributed by atoms with Crippen molar-refractivity contribution in [1.82, 2.24) is 0 Å². The first-order valence-electron chi connectivity index (χ1n) is 22.1. The summed E-state index contributed by atoms with van der Waals surface area (Å²) < 4.78 is 7.88. The predicted octanol–water partition coefficient (Wildman–Crippen LogP) is 17.5. The Kier molecular flexibility index (Phi) is 8.86. The fourth-order valence-corrected chi connectivity index (χ4v) is 11.6. The monoisotopic (exact) mass is 815 g/mol. The van der Waals surface area contributed by atoms with Crippen LogP contribution in [0.1, 0.15) is 59.2 Å². The second kappa shape index (κ2) is 14.9. The zero-order chi connectivity index (χ0) is 41.3. The molecule has 12 rings (SSSR count). The summed E-state index contributed by atoms with van der Waals surface area (Å²) in [4.78, 5) is 4.00. The summed E-state index contributed by atoms with van der Waals surface area (Å²) in [5.74, 6) is 0.310. The van der Waals surface area contributed by atoms with Gasteiger partial charge < -0.3 is 9.32 Å². The van der Waals surface area contributed by atoms with Crippen molar-refractivity contribution in [3.05, 3.63) is 203 Å². The lowest BCUT2D eigenvalue weighted by Crippen LogP contribution is -2.12. The molecule has 2 heterocycles. The van der Waals surface area contributed by atoms with E-state index in [4.69, 9.17) is 4.42 Å². The molecule has 0 saturated carbocycles. The lowest BCUT2D eigenvalue weighted by atomic mass is 9.85. The number of para-hydroxylation sites is 2. The van der Waals surface area contributed by atoms with Crippen LogP contribution in [0.5, 0.6) is 0 Å². The first-order chi connectivity index (χ1) is 30.6. The summed E-state index contributed by atoms with van der Waals surface area (Å²) in [6.07, 6.45) is 9.13. The molecule has 2 aliphatic rings. The fourth-order valence-electron chi connectivity index (χ4n) is 10.4. The summed E-state index contributed by atoms with van der Waals surface area (Å²) in [5.41, 5.74) is 20.9. The van der Waals surface area contributed by atoms with Crippen molar-refractivity contribution in [2.24, 2.45) is 0 Å². The first kappa shape index (κ1) is 36.9. The summed E-state index contributed by atoms with van der Waals surface area (Å²) in [5, 5.41) is 3.65. The fraction of sp³-hybridized carbons (Fsp3) is 0.119. The van der Waals surface area contributed by atoms with Gasteiger partial charge in [-0.25, -0.2) is 0 Å². The van der Waals surface area contributed by atoms with E-state index in [1.165, 1.54) is 76.3 Å². The van der Waals surface area contributed by atoms with E-state index in [9.17, 15) is 0 Å². The number of hydrogen-bond donors (Lipinski definition) is 0. The van der Waals surface area contributed by atoms with Crippen molar-refractivity contribution in [3.8, 4) is 44.5 Å². The quantitative estimate of drug-likeness (QED) is 0.152. The number of allylic oxidation sites excluding steroid dienone is 1. The normalized spacial score (nSPS) is 14.1. The molecule has 8 aromatic carbocycles. The predicted molar refractivity (Wildman–Crippen MR) is 264 cm³/mol. The number of benzene rings is 8. The maximum absolute atomic E-state index is 6.50. The van der Waals surface area contributed by atoms with Gasteiger partial charge in [-0.05, 0) is 130 Å². The van der Waals surface area contributed by atoms with Gasteiger partial charge in [0, 0.05) is 54.2 Å². The number of rotatable bonds is 8. The van der Waals surface area contributed by atoms with E-state index in [1.54, 1.807) is 0 Å². The van der Waals surface area contributed by atoms with E-state index in [0.29, 0.717) is 5.92 Å². The third kappa shape index (κ3) is 5.90. The van der Waals surface area contributed by atoms with Crippen LogP contribution in [0.2, 0.25) is 0 Å². The maximum Gasteiger partial charge on any atom is 0.143 e. The molecule has 62 heavy (non-hydrogen) atoms. The number of furan rings is 1. The van der Waals surface area contributed by atoms with E-state index in [2.05, 4.69) is 195 Å². The highest BCUT2D eigenvalue weighted by Crippen LogP contribution is 2.56. The molecule has 2 aromatic heterocycles. The van der Waals surface area contributed by atoms with Gasteiger partial charge in [0.25, 0.3) is 0 Å². The molecule has 0 aliphatic heterocycles. The summed E-state index contributed by atoms with van der Waals surface area (Å²) in [6, 6.07) is 63.0. The van der Waals surface area contributed by atoms with Crippen molar-refractivity contribution in [3.63, 3.8) is 0 Å². The lowest BCUT2D eigenvalue weighted by Gasteiger charge is -2.29.